The Morgan fingerprint density at radius 3 is 2.90 bits per heavy atom. The van der Waals surface area contributed by atoms with Crippen molar-refractivity contribution in [1.29, 1.82) is 0 Å². The lowest BCUT2D eigenvalue weighted by molar-refractivity contribution is -0.0670. The number of hydrogen-bond acceptors (Lipinski definition) is 1. The van der Waals surface area contributed by atoms with Gasteiger partial charge in [0.15, 0.2) is 0 Å². The van der Waals surface area contributed by atoms with Crippen LogP contribution in [0.4, 0.5) is 0 Å². The molecule has 0 amide bonds. The van der Waals surface area contributed by atoms with Gasteiger partial charge in [-0.05, 0) is 19.3 Å². The Morgan fingerprint density at radius 1 is 1.60 bits per heavy atom. The maximum Gasteiger partial charge on any atom is 0.137 e. The first-order chi connectivity index (χ1) is 4.84. The van der Waals surface area contributed by atoms with Gasteiger partial charge < -0.3 is 4.74 Å². The zero-order valence-corrected chi connectivity index (χ0v) is 6.08. The van der Waals surface area contributed by atoms with Gasteiger partial charge in [0.05, 0.1) is 6.10 Å². The molecule has 0 aromatic heterocycles. The lowest BCUT2D eigenvalue weighted by Gasteiger charge is -2.23. The van der Waals surface area contributed by atoms with Crippen molar-refractivity contribution in [1.82, 2.24) is 0 Å². The molecule has 2 unspecified atom stereocenters. The third-order valence-electron chi connectivity index (χ3n) is 1.81. The summed E-state index contributed by atoms with van der Waals surface area (Å²) in [4.78, 5) is 0. The normalized spacial score (nSPS) is 29.5. The second-order valence-corrected chi connectivity index (χ2v) is 2.61. The summed E-state index contributed by atoms with van der Waals surface area (Å²) in [7, 11) is 0. The molecule has 0 spiro atoms. The fourth-order valence-corrected chi connectivity index (χ4v) is 1.18. The first-order valence-electron chi connectivity index (χ1n) is 3.74. The van der Waals surface area contributed by atoms with Gasteiger partial charge in [-0.2, -0.15) is 0 Å². The summed E-state index contributed by atoms with van der Waals surface area (Å²) in [5, 5.41) is 11.0. The van der Waals surface area contributed by atoms with Crippen molar-refractivity contribution >= 4 is 0 Å². The van der Waals surface area contributed by atoms with Crippen LogP contribution >= 0.6 is 0 Å². The maximum atomic E-state index is 11.0. The Labute approximate surface area is 61.5 Å². The van der Waals surface area contributed by atoms with E-state index in [9.17, 15) is 5.11 Å². The van der Waals surface area contributed by atoms with Gasteiger partial charge in [0, 0.05) is 6.61 Å². The molecule has 2 heteroatoms. The molecule has 2 nitrogen and oxygen atoms in total. The summed E-state index contributed by atoms with van der Waals surface area (Å²) >= 11 is 0. The van der Waals surface area contributed by atoms with E-state index in [-0.39, 0.29) is 6.10 Å². The van der Waals surface area contributed by atoms with E-state index in [2.05, 4.69) is 6.58 Å². The van der Waals surface area contributed by atoms with Crippen LogP contribution < -0.4 is 0 Å². The van der Waals surface area contributed by atoms with Crippen LogP contribution in [-0.4, -0.2) is 18.8 Å². The highest BCUT2D eigenvalue weighted by Gasteiger charge is 2.20. The van der Waals surface area contributed by atoms with E-state index in [1.807, 2.05) is 0 Å². The van der Waals surface area contributed by atoms with Crippen LogP contribution in [0, 0.1) is 0 Å². The summed E-state index contributed by atoms with van der Waals surface area (Å²) in [5.41, 5.74) is 0. The average Bonchev–Trinajstić information content (AvgIpc) is 2.05. The molecule has 10 heavy (non-hydrogen) atoms. The SMILES string of the molecule is C=CC([O])C1CCCCO1. The van der Waals surface area contributed by atoms with Crippen LogP contribution in [0.3, 0.4) is 0 Å². The van der Waals surface area contributed by atoms with Gasteiger partial charge in [-0.25, -0.2) is 5.11 Å². The van der Waals surface area contributed by atoms with Gasteiger partial charge >= 0.3 is 0 Å². The smallest absolute Gasteiger partial charge is 0.137 e. The van der Waals surface area contributed by atoms with Crippen molar-refractivity contribution in [3.8, 4) is 0 Å². The summed E-state index contributed by atoms with van der Waals surface area (Å²) in [6.07, 6.45) is 3.72. The summed E-state index contributed by atoms with van der Waals surface area (Å²) < 4.78 is 5.25. The lowest BCUT2D eigenvalue weighted by atomic mass is 10.0. The minimum atomic E-state index is -0.722. The predicted octanol–water partition coefficient (Wildman–Crippen LogP) is 1.54. The molecule has 57 valence electrons. The monoisotopic (exact) mass is 141 g/mol. The van der Waals surface area contributed by atoms with E-state index in [1.165, 1.54) is 6.08 Å². The molecule has 1 aliphatic rings. The lowest BCUT2D eigenvalue weighted by Crippen LogP contribution is -2.29. The third kappa shape index (κ3) is 1.82. The minimum Gasteiger partial charge on any atom is -0.375 e. The number of hydrogen-bond donors (Lipinski definition) is 0. The molecular formula is C8H13O2. The van der Waals surface area contributed by atoms with Crippen molar-refractivity contribution < 1.29 is 9.84 Å². The quantitative estimate of drug-likeness (QED) is 0.536. The fraction of sp³-hybridized carbons (Fsp3) is 0.750. The summed E-state index contributed by atoms with van der Waals surface area (Å²) in [6, 6.07) is 0. The van der Waals surface area contributed by atoms with Crippen molar-refractivity contribution in [2.24, 2.45) is 0 Å². The second-order valence-electron chi connectivity index (χ2n) is 2.61. The van der Waals surface area contributed by atoms with E-state index in [0.717, 1.165) is 25.9 Å². The van der Waals surface area contributed by atoms with Crippen LogP contribution in [0.15, 0.2) is 12.7 Å². The van der Waals surface area contributed by atoms with Crippen LogP contribution in [-0.2, 0) is 9.84 Å². The molecular weight excluding hydrogens is 128 g/mol. The second kappa shape index (κ2) is 3.74. The molecule has 1 radical (unpaired) electrons. The highest BCUT2D eigenvalue weighted by Crippen LogP contribution is 2.16. The Balaban J connectivity index is 2.30. The summed E-state index contributed by atoms with van der Waals surface area (Å²) in [5.74, 6) is 0. The van der Waals surface area contributed by atoms with E-state index < -0.39 is 6.10 Å². The van der Waals surface area contributed by atoms with Crippen LogP contribution in [0.2, 0.25) is 0 Å². The molecule has 0 N–H and O–H groups in total. The Kier molecular flexibility index (Phi) is 2.90. The zero-order valence-electron chi connectivity index (χ0n) is 6.08. The Morgan fingerprint density at radius 2 is 2.40 bits per heavy atom. The maximum absolute atomic E-state index is 11.0. The number of rotatable bonds is 2. The van der Waals surface area contributed by atoms with Crippen molar-refractivity contribution in [3.63, 3.8) is 0 Å². The van der Waals surface area contributed by atoms with Crippen LogP contribution in [0.5, 0.6) is 0 Å². The molecule has 2 atom stereocenters. The van der Waals surface area contributed by atoms with Gasteiger partial charge in [0.2, 0.25) is 0 Å². The standard InChI is InChI=1S/C8H13O2/c1-2-7(9)8-5-3-4-6-10-8/h2,7-8H,1,3-6H2. The van der Waals surface area contributed by atoms with Crippen molar-refractivity contribution in [2.45, 2.75) is 31.5 Å². The topological polar surface area (TPSA) is 29.1 Å². The van der Waals surface area contributed by atoms with Gasteiger partial charge in [0.25, 0.3) is 0 Å². The Hall–Kier alpha value is -0.340. The van der Waals surface area contributed by atoms with Gasteiger partial charge in [-0.15, -0.1) is 6.58 Å². The summed E-state index contributed by atoms with van der Waals surface area (Å²) in [6.45, 7) is 4.19. The molecule has 0 aliphatic carbocycles. The van der Waals surface area contributed by atoms with Gasteiger partial charge in [-0.3, -0.25) is 0 Å². The highest BCUT2D eigenvalue weighted by atomic mass is 16.5. The zero-order chi connectivity index (χ0) is 7.40. The molecule has 1 rings (SSSR count). The van der Waals surface area contributed by atoms with Crippen LogP contribution in [0.1, 0.15) is 19.3 Å². The number of ether oxygens (including phenoxy) is 1. The molecule has 1 aliphatic heterocycles. The van der Waals surface area contributed by atoms with Crippen LogP contribution in [0.25, 0.3) is 0 Å². The van der Waals surface area contributed by atoms with E-state index in [0.29, 0.717) is 0 Å². The molecule has 0 aromatic rings. The molecule has 0 saturated carbocycles. The van der Waals surface area contributed by atoms with Crippen molar-refractivity contribution in [3.05, 3.63) is 12.7 Å². The molecule has 0 bridgehead atoms. The van der Waals surface area contributed by atoms with Gasteiger partial charge in [-0.1, -0.05) is 6.08 Å². The van der Waals surface area contributed by atoms with Crippen molar-refractivity contribution in [2.75, 3.05) is 6.61 Å². The van der Waals surface area contributed by atoms with E-state index >= 15 is 0 Å². The van der Waals surface area contributed by atoms with E-state index in [1.54, 1.807) is 0 Å². The largest absolute Gasteiger partial charge is 0.375 e. The highest BCUT2D eigenvalue weighted by molar-refractivity contribution is 4.85. The van der Waals surface area contributed by atoms with Gasteiger partial charge in [0.1, 0.15) is 6.10 Å². The fourth-order valence-electron chi connectivity index (χ4n) is 1.18. The first kappa shape index (κ1) is 7.76. The minimum absolute atomic E-state index is 0.105. The molecule has 0 aromatic carbocycles. The van der Waals surface area contributed by atoms with E-state index in [4.69, 9.17) is 4.74 Å². The predicted molar refractivity (Wildman–Crippen MR) is 38.3 cm³/mol. The third-order valence-corrected chi connectivity index (χ3v) is 1.81. The molecule has 1 heterocycles. The first-order valence-corrected chi connectivity index (χ1v) is 3.74. The average molecular weight is 141 g/mol. The Bertz CT molecular complexity index is 106. The molecule has 1 fully saturated rings. The molecule has 1 saturated heterocycles.